The van der Waals surface area contributed by atoms with Crippen molar-refractivity contribution in [1.29, 1.82) is 0 Å². The van der Waals surface area contributed by atoms with Gasteiger partial charge in [-0.15, -0.1) is 0 Å². The molecule has 8 heteroatoms. The molecule has 2 aromatic carbocycles. The zero-order valence-corrected chi connectivity index (χ0v) is 18.9. The molecule has 0 saturated carbocycles. The van der Waals surface area contributed by atoms with Gasteiger partial charge in [0.25, 0.3) is 11.8 Å². The van der Waals surface area contributed by atoms with Crippen LogP contribution in [0.25, 0.3) is 0 Å². The Kier molecular flexibility index (Phi) is 10.2. The van der Waals surface area contributed by atoms with E-state index in [1.807, 2.05) is 13.8 Å². The first kappa shape index (κ1) is 24.9. The van der Waals surface area contributed by atoms with Crippen molar-refractivity contribution in [3.05, 3.63) is 59.7 Å². The van der Waals surface area contributed by atoms with Crippen molar-refractivity contribution in [3.8, 4) is 0 Å². The fourth-order valence-electron chi connectivity index (χ4n) is 2.79. The Balaban J connectivity index is 1.83. The molecule has 0 aliphatic heterocycles. The average molecular weight is 441 g/mol. The molecule has 0 fully saturated rings. The van der Waals surface area contributed by atoms with Crippen molar-refractivity contribution in [2.24, 2.45) is 0 Å². The number of hydrogen-bond acceptors (Lipinski definition) is 5. The van der Waals surface area contributed by atoms with Gasteiger partial charge in [-0.1, -0.05) is 13.0 Å². The van der Waals surface area contributed by atoms with Gasteiger partial charge in [0.05, 0.1) is 6.54 Å². The fourth-order valence-corrected chi connectivity index (χ4v) is 2.79. The lowest BCUT2D eigenvalue weighted by Crippen LogP contribution is -2.31. The van der Waals surface area contributed by atoms with Crippen molar-refractivity contribution in [2.75, 3.05) is 37.4 Å². The van der Waals surface area contributed by atoms with E-state index in [0.717, 1.165) is 18.5 Å². The number of amides is 3. The predicted molar refractivity (Wildman–Crippen MR) is 126 cm³/mol. The number of nitrogens with one attached hydrogen (secondary N) is 4. The summed E-state index contributed by atoms with van der Waals surface area (Å²) < 4.78 is 4.96. The lowest BCUT2D eigenvalue weighted by atomic mass is 10.1. The Labute approximate surface area is 189 Å². The molecule has 1 unspecified atom stereocenters. The molecule has 0 aliphatic carbocycles. The summed E-state index contributed by atoms with van der Waals surface area (Å²) in [6.45, 7) is 5.12. The Hall–Kier alpha value is -3.39. The topological polar surface area (TPSA) is 109 Å². The van der Waals surface area contributed by atoms with Gasteiger partial charge in [0.2, 0.25) is 5.91 Å². The lowest BCUT2D eigenvalue weighted by molar-refractivity contribution is -0.114. The van der Waals surface area contributed by atoms with Gasteiger partial charge in [0.15, 0.2) is 0 Å². The van der Waals surface area contributed by atoms with Crippen LogP contribution in [0.15, 0.2) is 48.5 Å². The number of ether oxygens (including phenoxy) is 1. The molecular formula is C24H32N4O4. The highest BCUT2D eigenvalue weighted by Gasteiger charge is 2.10. The third-order valence-corrected chi connectivity index (χ3v) is 4.81. The van der Waals surface area contributed by atoms with Crippen LogP contribution in [-0.4, -0.2) is 50.6 Å². The van der Waals surface area contributed by atoms with Crippen molar-refractivity contribution >= 4 is 29.1 Å². The van der Waals surface area contributed by atoms with Gasteiger partial charge in [-0.25, -0.2) is 0 Å². The molecule has 3 amide bonds. The zero-order valence-electron chi connectivity index (χ0n) is 18.9. The minimum Gasteiger partial charge on any atom is -0.385 e. The monoisotopic (exact) mass is 440 g/mol. The molecule has 4 N–H and O–H groups in total. The number of rotatable bonds is 12. The summed E-state index contributed by atoms with van der Waals surface area (Å²) in [5.41, 5.74) is 2.31. The number of anilines is 2. The van der Waals surface area contributed by atoms with E-state index in [9.17, 15) is 14.4 Å². The molecule has 0 radical (unpaired) electrons. The first-order valence-electron chi connectivity index (χ1n) is 10.7. The first-order valence-corrected chi connectivity index (χ1v) is 10.7. The van der Waals surface area contributed by atoms with E-state index in [1.165, 1.54) is 0 Å². The number of methoxy groups -OCH3 is 1. The van der Waals surface area contributed by atoms with Crippen molar-refractivity contribution < 1.29 is 19.1 Å². The van der Waals surface area contributed by atoms with Crippen LogP contribution in [0.2, 0.25) is 0 Å². The van der Waals surface area contributed by atoms with Crippen LogP contribution in [0.4, 0.5) is 11.4 Å². The molecule has 0 bridgehead atoms. The van der Waals surface area contributed by atoms with Crippen LogP contribution in [0.3, 0.4) is 0 Å². The first-order chi connectivity index (χ1) is 15.4. The minimum atomic E-state index is -0.249. The van der Waals surface area contributed by atoms with Gasteiger partial charge in [-0.3, -0.25) is 14.4 Å². The summed E-state index contributed by atoms with van der Waals surface area (Å²) in [5.74, 6) is -0.569. The summed E-state index contributed by atoms with van der Waals surface area (Å²) in [6.07, 6.45) is 1.59. The second kappa shape index (κ2) is 13.1. The van der Waals surface area contributed by atoms with Gasteiger partial charge in [-0.2, -0.15) is 0 Å². The van der Waals surface area contributed by atoms with E-state index in [-0.39, 0.29) is 30.3 Å². The smallest absolute Gasteiger partial charge is 0.251 e. The highest BCUT2D eigenvalue weighted by molar-refractivity contribution is 5.98. The van der Waals surface area contributed by atoms with Crippen molar-refractivity contribution in [3.63, 3.8) is 0 Å². The number of benzene rings is 2. The Bertz CT molecular complexity index is 899. The van der Waals surface area contributed by atoms with Gasteiger partial charge in [0, 0.05) is 48.8 Å². The summed E-state index contributed by atoms with van der Waals surface area (Å²) in [5, 5.41) is 11.5. The molecule has 172 valence electrons. The molecular weight excluding hydrogens is 408 g/mol. The highest BCUT2D eigenvalue weighted by atomic mass is 16.5. The van der Waals surface area contributed by atoms with Gasteiger partial charge < -0.3 is 26.0 Å². The SMILES string of the molecule is CCC(C)NC(=O)c1ccc(NCC(=O)Nc2cccc(C(=O)NCCCOC)c2)cc1. The largest absolute Gasteiger partial charge is 0.385 e. The summed E-state index contributed by atoms with van der Waals surface area (Å²) >= 11 is 0. The summed E-state index contributed by atoms with van der Waals surface area (Å²) in [6, 6.07) is 13.8. The quantitative estimate of drug-likeness (QED) is 0.380. The Morgan fingerprint density at radius 2 is 1.72 bits per heavy atom. The van der Waals surface area contributed by atoms with E-state index >= 15 is 0 Å². The second-order valence-corrected chi connectivity index (χ2v) is 7.44. The fraction of sp³-hybridized carbons (Fsp3) is 0.375. The van der Waals surface area contributed by atoms with Gasteiger partial charge in [-0.05, 0) is 62.2 Å². The molecule has 2 aromatic rings. The second-order valence-electron chi connectivity index (χ2n) is 7.44. The molecule has 0 heterocycles. The average Bonchev–Trinajstić information content (AvgIpc) is 2.80. The van der Waals surface area contributed by atoms with E-state index in [2.05, 4.69) is 21.3 Å². The summed E-state index contributed by atoms with van der Waals surface area (Å²) in [7, 11) is 1.62. The van der Waals surface area contributed by atoms with E-state index in [1.54, 1.807) is 55.6 Å². The summed E-state index contributed by atoms with van der Waals surface area (Å²) in [4.78, 5) is 36.6. The maximum absolute atomic E-state index is 12.3. The predicted octanol–water partition coefficient (Wildman–Crippen LogP) is 3.03. The van der Waals surface area contributed by atoms with Crippen LogP contribution in [0, 0.1) is 0 Å². The standard InChI is InChI=1S/C24H32N4O4/c1-4-17(2)27-24(31)18-9-11-20(12-10-18)26-16-22(29)28-21-8-5-7-19(15-21)23(30)25-13-6-14-32-3/h5,7-12,15,17,26H,4,6,13-14,16H2,1-3H3,(H,25,30)(H,27,31)(H,28,29). The molecule has 8 nitrogen and oxygen atoms in total. The molecule has 0 aromatic heterocycles. The van der Waals surface area contributed by atoms with Gasteiger partial charge in [0.1, 0.15) is 0 Å². The highest BCUT2D eigenvalue weighted by Crippen LogP contribution is 2.12. The molecule has 0 aliphatic rings. The third-order valence-electron chi connectivity index (χ3n) is 4.81. The minimum absolute atomic E-state index is 0.0475. The van der Waals surface area contributed by atoms with Crippen LogP contribution < -0.4 is 21.3 Å². The molecule has 1 atom stereocenters. The van der Waals surface area contributed by atoms with E-state index < -0.39 is 0 Å². The van der Waals surface area contributed by atoms with Crippen molar-refractivity contribution in [1.82, 2.24) is 10.6 Å². The van der Waals surface area contributed by atoms with Crippen LogP contribution >= 0.6 is 0 Å². The normalized spacial score (nSPS) is 11.3. The number of carbonyl (C=O) groups excluding carboxylic acids is 3. The molecule has 32 heavy (non-hydrogen) atoms. The van der Waals surface area contributed by atoms with Crippen LogP contribution in [-0.2, 0) is 9.53 Å². The Morgan fingerprint density at radius 3 is 2.41 bits per heavy atom. The molecule has 0 spiro atoms. The van der Waals surface area contributed by atoms with E-state index in [4.69, 9.17) is 4.74 Å². The zero-order chi connectivity index (χ0) is 23.3. The molecule has 2 rings (SSSR count). The van der Waals surface area contributed by atoms with Crippen LogP contribution in [0.5, 0.6) is 0 Å². The van der Waals surface area contributed by atoms with Crippen molar-refractivity contribution in [2.45, 2.75) is 32.7 Å². The number of carbonyl (C=O) groups is 3. The maximum Gasteiger partial charge on any atom is 0.251 e. The number of hydrogen-bond donors (Lipinski definition) is 4. The van der Waals surface area contributed by atoms with Gasteiger partial charge >= 0.3 is 0 Å². The molecule has 0 saturated heterocycles. The van der Waals surface area contributed by atoms with E-state index in [0.29, 0.717) is 30.0 Å². The lowest BCUT2D eigenvalue weighted by Gasteiger charge is -2.12. The third kappa shape index (κ3) is 8.39. The maximum atomic E-state index is 12.3. The van der Waals surface area contributed by atoms with Crippen LogP contribution in [0.1, 0.15) is 47.4 Å². The Morgan fingerprint density at radius 1 is 0.969 bits per heavy atom.